The molecule has 0 radical (unpaired) electrons. The molecule has 5 nitrogen and oxygen atoms in total. The van der Waals surface area contributed by atoms with Crippen molar-refractivity contribution < 1.29 is 4.39 Å². The van der Waals surface area contributed by atoms with Crippen molar-refractivity contribution in [1.29, 1.82) is 0 Å². The predicted octanol–water partition coefficient (Wildman–Crippen LogP) is 7.71. The minimum absolute atomic E-state index is 0.231. The van der Waals surface area contributed by atoms with E-state index in [0.29, 0.717) is 6.04 Å². The van der Waals surface area contributed by atoms with Crippen molar-refractivity contribution in [2.24, 2.45) is 0 Å². The van der Waals surface area contributed by atoms with Gasteiger partial charge in [0.2, 0.25) is 0 Å². The third-order valence-electron chi connectivity index (χ3n) is 6.36. The second kappa shape index (κ2) is 8.64. The fourth-order valence-corrected chi connectivity index (χ4v) is 4.84. The summed E-state index contributed by atoms with van der Waals surface area (Å²) in [6.45, 7) is 6.13. The summed E-state index contributed by atoms with van der Waals surface area (Å²) in [6.07, 6.45) is 3.72. The van der Waals surface area contributed by atoms with Crippen LogP contribution in [-0.4, -0.2) is 26.2 Å². The Morgan fingerprint density at radius 3 is 2.56 bits per heavy atom. The lowest BCUT2D eigenvalue weighted by molar-refractivity contribution is 0.627. The van der Waals surface area contributed by atoms with Crippen molar-refractivity contribution in [3.63, 3.8) is 0 Å². The molecule has 0 unspecified atom stereocenters. The highest BCUT2D eigenvalue weighted by atomic mass is 19.1. The highest BCUT2D eigenvalue weighted by molar-refractivity contribution is 6.02. The van der Waals surface area contributed by atoms with Crippen LogP contribution in [0.2, 0.25) is 0 Å². The lowest BCUT2D eigenvalue weighted by Gasteiger charge is -2.11. The zero-order valence-corrected chi connectivity index (χ0v) is 20.4. The Balaban J connectivity index is 1.45. The number of aromatic amines is 2. The Kier molecular flexibility index (Phi) is 5.29. The van der Waals surface area contributed by atoms with E-state index in [-0.39, 0.29) is 5.82 Å². The van der Waals surface area contributed by atoms with Gasteiger partial charge in [0, 0.05) is 40.3 Å². The Bertz CT molecular complexity index is 1710. The first kappa shape index (κ1) is 22.0. The molecule has 0 spiro atoms. The van der Waals surface area contributed by atoms with Crippen molar-refractivity contribution in [2.75, 3.05) is 5.32 Å². The number of H-pyrrole nitrogens is 2. The molecule has 0 fully saturated rings. The molecular formula is C30H26FN5. The number of halogens is 1. The Labute approximate surface area is 208 Å². The monoisotopic (exact) mass is 475 g/mol. The first-order valence-electron chi connectivity index (χ1n) is 12.0. The van der Waals surface area contributed by atoms with Crippen molar-refractivity contribution in [2.45, 2.75) is 26.8 Å². The normalized spacial score (nSPS) is 11.6. The standard InChI is InChI=1S/C30H26FN5/c1-17(2)33-23-12-21(15-32-16-23)19-7-8-28-26(13-19)30(36-35-28)29-14-25-24(5-4-6-27(25)34-29)20-9-18(3)10-22(31)11-20/h4-17,33-34H,1-3H3,(H,35,36). The van der Waals surface area contributed by atoms with Crippen molar-refractivity contribution >= 4 is 27.5 Å². The van der Waals surface area contributed by atoms with Gasteiger partial charge in [-0.3, -0.25) is 10.1 Å². The minimum atomic E-state index is -0.231. The highest BCUT2D eigenvalue weighted by Gasteiger charge is 2.15. The van der Waals surface area contributed by atoms with Crippen LogP contribution < -0.4 is 5.32 Å². The van der Waals surface area contributed by atoms with E-state index in [9.17, 15) is 4.39 Å². The lowest BCUT2D eigenvalue weighted by atomic mass is 9.99. The molecule has 0 amide bonds. The predicted molar refractivity (Wildman–Crippen MR) is 146 cm³/mol. The fourth-order valence-electron chi connectivity index (χ4n) is 4.84. The summed E-state index contributed by atoms with van der Waals surface area (Å²) >= 11 is 0. The number of anilines is 1. The van der Waals surface area contributed by atoms with E-state index in [4.69, 9.17) is 0 Å². The number of aryl methyl sites for hydroxylation is 1. The molecular weight excluding hydrogens is 449 g/mol. The van der Waals surface area contributed by atoms with Crippen LogP contribution >= 0.6 is 0 Å². The van der Waals surface area contributed by atoms with Crippen LogP contribution in [-0.2, 0) is 0 Å². The van der Waals surface area contributed by atoms with Gasteiger partial charge in [-0.2, -0.15) is 5.10 Å². The van der Waals surface area contributed by atoms with Crippen LogP contribution in [0, 0.1) is 12.7 Å². The van der Waals surface area contributed by atoms with Crippen molar-refractivity contribution in [3.8, 4) is 33.6 Å². The van der Waals surface area contributed by atoms with Gasteiger partial charge in [0.05, 0.1) is 16.9 Å². The van der Waals surface area contributed by atoms with E-state index < -0.39 is 0 Å². The lowest BCUT2D eigenvalue weighted by Crippen LogP contribution is -2.09. The zero-order valence-electron chi connectivity index (χ0n) is 20.4. The van der Waals surface area contributed by atoms with Crippen LogP contribution in [0.25, 0.3) is 55.4 Å². The first-order chi connectivity index (χ1) is 17.4. The topological polar surface area (TPSA) is 69.4 Å². The molecule has 0 aliphatic carbocycles. The number of rotatable bonds is 5. The number of fused-ring (bicyclic) bond motifs is 2. The average molecular weight is 476 g/mol. The molecule has 178 valence electrons. The molecule has 36 heavy (non-hydrogen) atoms. The summed E-state index contributed by atoms with van der Waals surface area (Å²) in [5, 5.41) is 13.3. The van der Waals surface area contributed by atoms with Gasteiger partial charge in [0.1, 0.15) is 11.5 Å². The quantitative estimate of drug-likeness (QED) is 0.239. The molecule has 3 aromatic heterocycles. The molecule has 0 atom stereocenters. The maximum absolute atomic E-state index is 14.2. The SMILES string of the molecule is Cc1cc(F)cc(-c2cccc3[nH]c(-c4n[nH]c5ccc(-c6cncc(NC(C)C)c6)cc45)cc23)c1. The molecule has 0 saturated heterocycles. The highest BCUT2D eigenvalue weighted by Crippen LogP contribution is 2.36. The summed E-state index contributed by atoms with van der Waals surface area (Å²) in [4.78, 5) is 7.94. The summed E-state index contributed by atoms with van der Waals surface area (Å²) < 4.78 is 14.2. The maximum atomic E-state index is 14.2. The number of benzene rings is 3. The Morgan fingerprint density at radius 2 is 1.72 bits per heavy atom. The molecule has 6 aromatic rings. The van der Waals surface area contributed by atoms with Gasteiger partial charge < -0.3 is 10.3 Å². The molecule has 0 saturated carbocycles. The average Bonchev–Trinajstić information content (AvgIpc) is 3.46. The Hall–Kier alpha value is -4.45. The third kappa shape index (κ3) is 4.01. The van der Waals surface area contributed by atoms with Crippen LogP contribution in [0.15, 0.2) is 79.1 Å². The van der Waals surface area contributed by atoms with E-state index in [1.54, 1.807) is 12.1 Å². The van der Waals surface area contributed by atoms with Gasteiger partial charge in [0.15, 0.2) is 0 Å². The molecule has 3 aromatic carbocycles. The molecule has 0 bridgehead atoms. The number of hydrogen-bond acceptors (Lipinski definition) is 3. The van der Waals surface area contributed by atoms with Crippen LogP contribution in [0.5, 0.6) is 0 Å². The fraction of sp³-hybridized carbons (Fsp3) is 0.133. The third-order valence-corrected chi connectivity index (χ3v) is 6.36. The van der Waals surface area contributed by atoms with E-state index in [2.05, 4.69) is 63.6 Å². The molecule has 0 aliphatic heterocycles. The first-order valence-corrected chi connectivity index (χ1v) is 12.0. The number of nitrogens with zero attached hydrogens (tertiary/aromatic N) is 2. The van der Waals surface area contributed by atoms with Crippen LogP contribution in [0.3, 0.4) is 0 Å². The van der Waals surface area contributed by atoms with Crippen molar-refractivity contribution in [3.05, 3.63) is 90.5 Å². The summed E-state index contributed by atoms with van der Waals surface area (Å²) in [6, 6.07) is 22.0. The van der Waals surface area contributed by atoms with E-state index in [1.807, 2.05) is 49.6 Å². The summed E-state index contributed by atoms with van der Waals surface area (Å²) in [5.41, 5.74) is 9.52. The summed E-state index contributed by atoms with van der Waals surface area (Å²) in [7, 11) is 0. The molecule has 3 N–H and O–H groups in total. The van der Waals surface area contributed by atoms with Gasteiger partial charge >= 0.3 is 0 Å². The molecule has 6 rings (SSSR count). The Morgan fingerprint density at radius 1 is 0.833 bits per heavy atom. The van der Waals surface area contributed by atoms with Gasteiger partial charge in [-0.1, -0.05) is 24.3 Å². The van der Waals surface area contributed by atoms with Crippen molar-refractivity contribution in [1.82, 2.24) is 20.2 Å². The second-order valence-electron chi connectivity index (χ2n) is 9.56. The molecule has 0 aliphatic rings. The second-order valence-corrected chi connectivity index (χ2v) is 9.56. The largest absolute Gasteiger partial charge is 0.382 e. The van der Waals surface area contributed by atoms with Crippen LogP contribution in [0.1, 0.15) is 19.4 Å². The summed E-state index contributed by atoms with van der Waals surface area (Å²) in [5.74, 6) is -0.231. The molecule has 3 heterocycles. The molecule has 6 heteroatoms. The van der Waals surface area contributed by atoms with Gasteiger partial charge in [-0.25, -0.2) is 4.39 Å². The van der Waals surface area contributed by atoms with E-state index >= 15 is 0 Å². The maximum Gasteiger partial charge on any atom is 0.124 e. The van der Waals surface area contributed by atoms with Gasteiger partial charge in [-0.05, 0) is 85.5 Å². The number of aromatic nitrogens is 4. The van der Waals surface area contributed by atoms with E-state index in [1.165, 1.54) is 0 Å². The number of pyridine rings is 1. The number of hydrogen-bond donors (Lipinski definition) is 3. The van der Waals surface area contributed by atoms with E-state index in [0.717, 1.165) is 66.7 Å². The zero-order chi connectivity index (χ0) is 24.8. The smallest absolute Gasteiger partial charge is 0.124 e. The van der Waals surface area contributed by atoms with Crippen LogP contribution in [0.4, 0.5) is 10.1 Å². The number of nitrogens with one attached hydrogen (secondary N) is 3. The van der Waals surface area contributed by atoms with Gasteiger partial charge in [0.25, 0.3) is 0 Å². The minimum Gasteiger partial charge on any atom is -0.382 e. The van der Waals surface area contributed by atoms with Gasteiger partial charge in [-0.15, -0.1) is 0 Å².